The average molecular weight is 396 g/mol. The zero-order valence-corrected chi connectivity index (χ0v) is 17.3. The Hall–Kier alpha value is -1.85. The summed E-state index contributed by atoms with van der Waals surface area (Å²) in [6.07, 6.45) is 3.17. The van der Waals surface area contributed by atoms with E-state index in [9.17, 15) is 4.39 Å². The molecule has 3 heterocycles. The quantitative estimate of drug-likeness (QED) is 0.573. The molecular weight excluding hydrogens is 369 g/mol. The number of alkyl halides is 1. The first-order valence-corrected chi connectivity index (χ1v) is 11.1. The van der Waals surface area contributed by atoms with Crippen LogP contribution >= 0.6 is 11.3 Å². The lowest BCUT2D eigenvalue weighted by Crippen LogP contribution is -2.47. The molecule has 28 heavy (non-hydrogen) atoms. The molecule has 2 aliphatic rings. The molecule has 1 aromatic carbocycles. The minimum Gasteiger partial charge on any atom is -0.300 e. The second-order valence-corrected chi connectivity index (χ2v) is 9.42. The molecule has 0 amide bonds. The molecular formula is C23H26FN3S. The Labute approximate surface area is 169 Å². The van der Waals surface area contributed by atoms with Crippen LogP contribution in [0.1, 0.15) is 48.0 Å². The first-order valence-electron chi connectivity index (χ1n) is 10.3. The Morgan fingerprint density at radius 2 is 1.82 bits per heavy atom. The number of piperidine rings is 1. The van der Waals surface area contributed by atoms with Crippen molar-refractivity contribution < 1.29 is 4.39 Å². The van der Waals surface area contributed by atoms with Crippen LogP contribution in [0.4, 0.5) is 4.39 Å². The van der Waals surface area contributed by atoms with Crippen LogP contribution in [0.5, 0.6) is 0 Å². The summed E-state index contributed by atoms with van der Waals surface area (Å²) >= 11 is 1.84. The summed E-state index contributed by atoms with van der Waals surface area (Å²) in [6.45, 7) is 5.95. The lowest BCUT2D eigenvalue weighted by atomic mass is 9.79. The number of benzene rings is 1. The minimum absolute atomic E-state index is 0.566. The normalized spacial score (nSPS) is 23.8. The maximum atomic E-state index is 13.4. The van der Waals surface area contributed by atoms with Gasteiger partial charge in [0, 0.05) is 42.0 Å². The van der Waals surface area contributed by atoms with Gasteiger partial charge in [0.25, 0.3) is 0 Å². The van der Waals surface area contributed by atoms with Crippen molar-refractivity contribution in [3.63, 3.8) is 0 Å². The number of halogens is 1. The van der Waals surface area contributed by atoms with Gasteiger partial charge in [-0.3, -0.25) is 4.98 Å². The second-order valence-electron chi connectivity index (χ2n) is 8.35. The van der Waals surface area contributed by atoms with E-state index in [0.29, 0.717) is 24.8 Å². The van der Waals surface area contributed by atoms with Crippen LogP contribution in [0.15, 0.2) is 30.3 Å². The fourth-order valence-corrected chi connectivity index (χ4v) is 5.73. The number of likely N-dealkylation sites (tertiary alicyclic amines) is 1. The van der Waals surface area contributed by atoms with Crippen LogP contribution in [0.25, 0.3) is 21.3 Å². The number of thiazole rings is 1. The van der Waals surface area contributed by atoms with Crippen LogP contribution < -0.4 is 0 Å². The Balaban J connectivity index is 1.32. The molecule has 0 atom stereocenters. The van der Waals surface area contributed by atoms with Crippen molar-refractivity contribution in [1.29, 1.82) is 0 Å². The second kappa shape index (κ2) is 7.20. The van der Waals surface area contributed by atoms with Crippen molar-refractivity contribution in [2.24, 2.45) is 0 Å². The van der Waals surface area contributed by atoms with Crippen LogP contribution in [-0.2, 0) is 0 Å². The van der Waals surface area contributed by atoms with Gasteiger partial charge in [-0.25, -0.2) is 9.37 Å². The first kappa shape index (κ1) is 18.2. The number of pyridine rings is 1. The van der Waals surface area contributed by atoms with Crippen LogP contribution in [0, 0.1) is 13.8 Å². The van der Waals surface area contributed by atoms with E-state index in [2.05, 4.69) is 47.1 Å². The van der Waals surface area contributed by atoms with Gasteiger partial charge in [-0.2, -0.15) is 0 Å². The molecule has 0 N–H and O–H groups in total. The van der Waals surface area contributed by atoms with E-state index in [1.165, 1.54) is 33.7 Å². The van der Waals surface area contributed by atoms with Crippen molar-refractivity contribution in [2.45, 2.75) is 57.7 Å². The number of aryl methyl sites for hydroxylation is 2. The topological polar surface area (TPSA) is 29.0 Å². The monoisotopic (exact) mass is 395 g/mol. The van der Waals surface area contributed by atoms with Crippen LogP contribution in [0.3, 0.4) is 0 Å². The molecule has 2 fully saturated rings. The average Bonchev–Trinajstić information content (AvgIpc) is 3.04. The van der Waals surface area contributed by atoms with Gasteiger partial charge in [0.15, 0.2) is 0 Å². The lowest BCUT2D eigenvalue weighted by molar-refractivity contribution is 0.0610. The molecule has 1 saturated carbocycles. The number of rotatable bonds is 3. The standard InChI is InChI=1S/C23H26FN3S/c1-14-3-5-20(15(2)25-14)16-4-6-21-22(13-16)28-23(26-21)17-11-19(12-17)27-9-7-18(24)8-10-27/h3-6,13,17-19H,7-12H2,1-2H3. The maximum Gasteiger partial charge on any atom is 0.103 e. The number of hydrogen-bond donors (Lipinski definition) is 0. The van der Waals surface area contributed by atoms with Gasteiger partial charge in [-0.05, 0) is 63.3 Å². The Morgan fingerprint density at radius 3 is 2.57 bits per heavy atom. The Kier molecular flexibility index (Phi) is 4.68. The fourth-order valence-electron chi connectivity index (χ4n) is 4.60. The van der Waals surface area contributed by atoms with Crippen molar-refractivity contribution >= 4 is 21.6 Å². The molecule has 1 saturated heterocycles. The molecule has 0 unspecified atom stereocenters. The largest absolute Gasteiger partial charge is 0.300 e. The first-order chi connectivity index (χ1) is 13.6. The molecule has 0 spiro atoms. The summed E-state index contributed by atoms with van der Waals surface area (Å²) in [6, 6.07) is 11.4. The Bertz CT molecular complexity index is 1000. The van der Waals surface area contributed by atoms with Gasteiger partial charge in [-0.15, -0.1) is 11.3 Å². The van der Waals surface area contributed by atoms with Gasteiger partial charge >= 0.3 is 0 Å². The molecule has 146 valence electrons. The highest BCUT2D eigenvalue weighted by molar-refractivity contribution is 7.18. The summed E-state index contributed by atoms with van der Waals surface area (Å²) in [5.41, 5.74) is 5.64. The molecule has 5 rings (SSSR count). The van der Waals surface area contributed by atoms with E-state index < -0.39 is 6.17 Å². The molecule has 1 aliphatic heterocycles. The van der Waals surface area contributed by atoms with E-state index in [0.717, 1.165) is 30.0 Å². The molecule has 3 nitrogen and oxygen atoms in total. The molecule has 1 aliphatic carbocycles. The number of hydrogen-bond acceptors (Lipinski definition) is 4. The van der Waals surface area contributed by atoms with E-state index in [-0.39, 0.29) is 0 Å². The van der Waals surface area contributed by atoms with Crippen molar-refractivity contribution in [3.05, 3.63) is 46.7 Å². The summed E-state index contributed by atoms with van der Waals surface area (Å²) in [5.74, 6) is 0.566. The molecule has 3 aromatic rings. The van der Waals surface area contributed by atoms with E-state index in [4.69, 9.17) is 4.98 Å². The van der Waals surface area contributed by atoms with Gasteiger partial charge in [0.05, 0.1) is 15.2 Å². The highest BCUT2D eigenvalue weighted by Crippen LogP contribution is 2.43. The van der Waals surface area contributed by atoms with E-state index >= 15 is 0 Å². The van der Waals surface area contributed by atoms with Crippen molar-refractivity contribution in [2.75, 3.05) is 13.1 Å². The van der Waals surface area contributed by atoms with E-state index in [1.807, 2.05) is 18.3 Å². The predicted molar refractivity (Wildman–Crippen MR) is 114 cm³/mol. The smallest absolute Gasteiger partial charge is 0.103 e. The van der Waals surface area contributed by atoms with Crippen LogP contribution in [0.2, 0.25) is 0 Å². The lowest BCUT2D eigenvalue weighted by Gasteiger charge is -2.44. The van der Waals surface area contributed by atoms with Crippen molar-refractivity contribution in [1.82, 2.24) is 14.9 Å². The fraction of sp³-hybridized carbons (Fsp3) is 0.478. The van der Waals surface area contributed by atoms with Gasteiger partial charge < -0.3 is 4.90 Å². The Morgan fingerprint density at radius 1 is 1.04 bits per heavy atom. The van der Waals surface area contributed by atoms with Gasteiger partial charge in [0.2, 0.25) is 0 Å². The molecule has 0 bridgehead atoms. The summed E-state index contributed by atoms with van der Waals surface area (Å²) in [7, 11) is 0. The SMILES string of the molecule is Cc1ccc(-c2ccc3nc(C4CC(N5CCC(F)CC5)C4)sc3c2)c(C)n1. The number of aromatic nitrogens is 2. The minimum atomic E-state index is -0.585. The molecule has 0 radical (unpaired) electrons. The summed E-state index contributed by atoms with van der Waals surface area (Å²) < 4.78 is 14.6. The zero-order valence-electron chi connectivity index (χ0n) is 16.5. The van der Waals surface area contributed by atoms with E-state index in [1.54, 1.807) is 0 Å². The highest BCUT2D eigenvalue weighted by atomic mass is 32.1. The maximum absolute atomic E-state index is 13.4. The number of fused-ring (bicyclic) bond motifs is 1. The van der Waals surface area contributed by atoms with Crippen molar-refractivity contribution in [3.8, 4) is 11.1 Å². The third-order valence-electron chi connectivity index (χ3n) is 6.38. The zero-order chi connectivity index (χ0) is 19.3. The van der Waals surface area contributed by atoms with Crippen LogP contribution in [-0.4, -0.2) is 40.2 Å². The third-order valence-corrected chi connectivity index (χ3v) is 7.56. The third kappa shape index (κ3) is 3.35. The predicted octanol–water partition coefficient (Wildman–Crippen LogP) is 5.66. The summed E-state index contributed by atoms with van der Waals surface area (Å²) in [5, 5.41) is 1.27. The summed E-state index contributed by atoms with van der Waals surface area (Å²) in [4.78, 5) is 12.0. The van der Waals surface area contributed by atoms with Gasteiger partial charge in [-0.1, -0.05) is 12.1 Å². The van der Waals surface area contributed by atoms with Gasteiger partial charge in [0.1, 0.15) is 6.17 Å². The number of nitrogens with zero attached hydrogens (tertiary/aromatic N) is 3. The molecule has 5 heteroatoms. The highest BCUT2D eigenvalue weighted by Gasteiger charge is 2.37. The molecule has 2 aromatic heterocycles.